The topological polar surface area (TPSA) is 80.2 Å². The number of benzene rings is 1. The number of halogens is 1. The molecule has 1 aromatic carbocycles. The first kappa shape index (κ1) is 18.3. The third-order valence-electron chi connectivity index (χ3n) is 3.16. The van der Waals surface area contributed by atoms with Crippen molar-refractivity contribution in [1.29, 1.82) is 0 Å². The number of hydrogen-bond acceptors (Lipinski definition) is 8. The molecular weight excluding hydrogens is 380 g/mol. The van der Waals surface area contributed by atoms with Crippen molar-refractivity contribution in [3.05, 3.63) is 41.0 Å². The minimum absolute atomic E-state index is 0.0236. The van der Waals surface area contributed by atoms with Crippen molar-refractivity contribution in [2.45, 2.75) is 10.9 Å². The van der Waals surface area contributed by atoms with E-state index in [0.717, 1.165) is 15.6 Å². The van der Waals surface area contributed by atoms with E-state index in [0.29, 0.717) is 35.7 Å². The van der Waals surface area contributed by atoms with Gasteiger partial charge in [-0.05, 0) is 5.56 Å². The van der Waals surface area contributed by atoms with Crippen molar-refractivity contribution in [3.63, 3.8) is 0 Å². The first-order valence-electron chi connectivity index (χ1n) is 7.69. The molecule has 0 spiro atoms. The second-order valence-corrected chi connectivity index (χ2v) is 7.31. The summed E-state index contributed by atoms with van der Waals surface area (Å²) in [4.78, 5) is 13.3. The Morgan fingerprint density at radius 2 is 2.00 bits per heavy atom. The van der Waals surface area contributed by atoms with E-state index in [1.54, 1.807) is 0 Å². The normalized spacial score (nSPS) is 11.1. The number of hydrogen-bond donors (Lipinski definition) is 2. The number of nitrogens with zero attached hydrogens (tertiary/aromatic N) is 3. The Kier molecular flexibility index (Phi) is 6.83. The Balaban J connectivity index is 1.64. The quantitative estimate of drug-likeness (QED) is 0.248. The average Bonchev–Trinajstić information content (AvgIpc) is 3.04. The van der Waals surface area contributed by atoms with Gasteiger partial charge in [0.15, 0.2) is 21.1 Å². The summed E-state index contributed by atoms with van der Waals surface area (Å²) in [6.45, 7) is 1.45. The van der Waals surface area contributed by atoms with Crippen LogP contribution in [0, 0.1) is 0 Å². The molecule has 25 heavy (non-hydrogen) atoms. The lowest BCUT2D eigenvalue weighted by molar-refractivity contribution is 0.0992. The van der Waals surface area contributed by atoms with Crippen LogP contribution in [0.1, 0.15) is 5.56 Å². The van der Waals surface area contributed by atoms with E-state index in [9.17, 15) is 0 Å². The van der Waals surface area contributed by atoms with Gasteiger partial charge in [-0.1, -0.05) is 65.0 Å². The number of anilines is 1. The van der Waals surface area contributed by atoms with Gasteiger partial charge in [0.1, 0.15) is 4.70 Å². The molecule has 6 nitrogen and oxygen atoms in total. The van der Waals surface area contributed by atoms with E-state index >= 15 is 0 Å². The van der Waals surface area contributed by atoms with Gasteiger partial charge in [0.25, 0.3) is 0 Å². The fourth-order valence-corrected chi connectivity index (χ4v) is 3.97. The predicted molar refractivity (Wildman–Crippen MR) is 103 cm³/mol. The number of ether oxygens (including phenoxy) is 1. The van der Waals surface area contributed by atoms with Crippen LogP contribution in [-0.2, 0) is 10.5 Å². The van der Waals surface area contributed by atoms with Crippen LogP contribution >= 0.6 is 34.7 Å². The molecule has 0 fully saturated rings. The molecule has 0 aliphatic carbocycles. The third kappa shape index (κ3) is 5.26. The standard InChI is InChI=1S/C16H17ClN4O2S2/c17-13-12-14(20-15(25-12)18-6-8-23-9-7-22)21-16(19-13)24-10-11-4-2-1-3-5-11/h1-5,22H,6-10H2,(H,18,19,20,21). The SMILES string of the molecule is OCCOCCNc1nc2nc(SCc3ccccc3)nc(Cl)c2s1. The molecule has 0 bridgehead atoms. The maximum atomic E-state index is 8.66. The molecule has 0 saturated heterocycles. The van der Waals surface area contributed by atoms with Crippen LogP contribution < -0.4 is 5.32 Å². The molecule has 9 heteroatoms. The Hall–Kier alpha value is -1.45. The van der Waals surface area contributed by atoms with Crippen LogP contribution in [0.15, 0.2) is 35.5 Å². The Labute approximate surface area is 158 Å². The summed E-state index contributed by atoms with van der Waals surface area (Å²) < 4.78 is 5.97. The van der Waals surface area contributed by atoms with Gasteiger partial charge in [0, 0.05) is 12.3 Å². The molecule has 0 saturated carbocycles. The van der Waals surface area contributed by atoms with Gasteiger partial charge >= 0.3 is 0 Å². The molecule has 3 aromatic rings. The zero-order valence-corrected chi connectivity index (χ0v) is 15.7. The van der Waals surface area contributed by atoms with Crippen molar-refractivity contribution in [3.8, 4) is 0 Å². The number of aliphatic hydroxyl groups is 1. The highest BCUT2D eigenvalue weighted by Crippen LogP contribution is 2.32. The third-order valence-corrected chi connectivity index (χ3v) is 5.47. The molecule has 0 unspecified atom stereocenters. The number of aliphatic hydroxyl groups excluding tert-OH is 1. The van der Waals surface area contributed by atoms with Gasteiger partial charge in [-0.2, -0.15) is 4.98 Å². The minimum Gasteiger partial charge on any atom is -0.394 e. The number of rotatable bonds is 9. The van der Waals surface area contributed by atoms with Crippen LogP contribution in [0.5, 0.6) is 0 Å². The molecule has 132 valence electrons. The number of thioether (sulfide) groups is 1. The van der Waals surface area contributed by atoms with E-state index in [-0.39, 0.29) is 6.61 Å². The van der Waals surface area contributed by atoms with Gasteiger partial charge in [0.2, 0.25) is 0 Å². The van der Waals surface area contributed by atoms with E-state index in [2.05, 4.69) is 32.4 Å². The summed E-state index contributed by atoms with van der Waals surface area (Å²) in [5.74, 6) is 0.778. The lowest BCUT2D eigenvalue weighted by atomic mass is 10.2. The van der Waals surface area contributed by atoms with Crippen LogP contribution in [0.3, 0.4) is 0 Å². The van der Waals surface area contributed by atoms with Gasteiger partial charge in [-0.25, -0.2) is 9.97 Å². The Morgan fingerprint density at radius 3 is 2.80 bits per heavy atom. The Bertz CT molecular complexity index is 817. The second-order valence-electron chi connectivity index (χ2n) is 5.01. The zero-order chi connectivity index (χ0) is 17.5. The summed E-state index contributed by atoms with van der Waals surface area (Å²) >= 11 is 9.24. The molecule has 3 rings (SSSR count). The lowest BCUT2D eigenvalue weighted by Crippen LogP contribution is -2.11. The summed E-state index contributed by atoms with van der Waals surface area (Å²) in [6, 6.07) is 10.1. The predicted octanol–water partition coefficient (Wildman–Crippen LogP) is 3.45. The highest BCUT2D eigenvalue weighted by Gasteiger charge is 2.12. The highest BCUT2D eigenvalue weighted by atomic mass is 35.5. The largest absolute Gasteiger partial charge is 0.394 e. The van der Waals surface area contributed by atoms with Crippen LogP contribution in [0.4, 0.5) is 5.13 Å². The fraction of sp³-hybridized carbons (Fsp3) is 0.312. The highest BCUT2D eigenvalue weighted by molar-refractivity contribution is 7.98. The maximum Gasteiger partial charge on any atom is 0.191 e. The first-order valence-corrected chi connectivity index (χ1v) is 9.87. The van der Waals surface area contributed by atoms with E-state index in [4.69, 9.17) is 21.4 Å². The van der Waals surface area contributed by atoms with E-state index in [1.807, 2.05) is 18.2 Å². The van der Waals surface area contributed by atoms with Crippen molar-refractivity contribution < 1.29 is 9.84 Å². The number of aromatic nitrogens is 3. The number of fused-ring (bicyclic) bond motifs is 1. The molecule has 0 amide bonds. The molecule has 0 aliphatic rings. The van der Waals surface area contributed by atoms with Gasteiger partial charge in [0.05, 0.1) is 19.8 Å². The van der Waals surface area contributed by atoms with Crippen molar-refractivity contribution in [2.24, 2.45) is 0 Å². The molecule has 0 aliphatic heterocycles. The number of nitrogens with one attached hydrogen (secondary N) is 1. The lowest BCUT2D eigenvalue weighted by Gasteiger charge is -2.02. The summed E-state index contributed by atoms with van der Waals surface area (Å²) in [5.41, 5.74) is 1.80. The van der Waals surface area contributed by atoms with Gasteiger partial charge in [-0.3, -0.25) is 0 Å². The molecule has 2 heterocycles. The Morgan fingerprint density at radius 1 is 1.16 bits per heavy atom. The van der Waals surface area contributed by atoms with Gasteiger partial charge in [-0.15, -0.1) is 0 Å². The second kappa shape index (κ2) is 9.30. The first-order chi connectivity index (χ1) is 12.3. The summed E-state index contributed by atoms with van der Waals surface area (Å²) in [5, 5.41) is 13.6. The van der Waals surface area contributed by atoms with Gasteiger partial charge < -0.3 is 15.2 Å². The minimum atomic E-state index is 0.0236. The van der Waals surface area contributed by atoms with E-state index in [1.165, 1.54) is 28.7 Å². The van der Waals surface area contributed by atoms with Crippen molar-refractivity contribution in [2.75, 3.05) is 31.7 Å². The monoisotopic (exact) mass is 396 g/mol. The molecule has 2 aromatic heterocycles. The summed E-state index contributed by atoms with van der Waals surface area (Å²) in [6.07, 6.45) is 0. The van der Waals surface area contributed by atoms with Crippen molar-refractivity contribution >= 4 is 50.2 Å². The van der Waals surface area contributed by atoms with Crippen LogP contribution in [0.25, 0.3) is 10.3 Å². The van der Waals surface area contributed by atoms with Crippen LogP contribution in [-0.4, -0.2) is 46.4 Å². The average molecular weight is 397 g/mol. The molecule has 2 N–H and O–H groups in total. The van der Waals surface area contributed by atoms with E-state index < -0.39 is 0 Å². The van der Waals surface area contributed by atoms with Crippen LogP contribution in [0.2, 0.25) is 5.15 Å². The van der Waals surface area contributed by atoms with Crippen molar-refractivity contribution in [1.82, 2.24) is 15.0 Å². The summed E-state index contributed by atoms with van der Waals surface area (Å²) in [7, 11) is 0. The number of thiazole rings is 1. The maximum absolute atomic E-state index is 8.66. The smallest absolute Gasteiger partial charge is 0.191 e. The molecule has 0 atom stereocenters. The fourth-order valence-electron chi connectivity index (χ4n) is 2.03. The molecule has 0 radical (unpaired) electrons. The zero-order valence-electron chi connectivity index (χ0n) is 13.3. The molecular formula is C16H17ClN4O2S2.